The molecule has 1 aliphatic carbocycles. The number of thiophene rings is 1. The van der Waals surface area contributed by atoms with Gasteiger partial charge in [0.1, 0.15) is 10.6 Å². The van der Waals surface area contributed by atoms with Gasteiger partial charge in [0.25, 0.3) is 0 Å². The third-order valence-corrected chi connectivity index (χ3v) is 5.95. The van der Waals surface area contributed by atoms with Gasteiger partial charge in [0.05, 0.1) is 5.39 Å². The van der Waals surface area contributed by atoms with Crippen molar-refractivity contribution >= 4 is 45.1 Å². The molecule has 0 saturated heterocycles. The molecule has 2 unspecified atom stereocenters. The van der Waals surface area contributed by atoms with Gasteiger partial charge in [-0.15, -0.1) is 11.3 Å². The maximum atomic E-state index is 4.68. The molecule has 0 amide bonds. The molecule has 0 aliphatic heterocycles. The minimum absolute atomic E-state index is 0.537. The van der Waals surface area contributed by atoms with E-state index >= 15 is 0 Å². The van der Waals surface area contributed by atoms with E-state index in [9.17, 15) is 0 Å². The highest BCUT2D eigenvalue weighted by Crippen LogP contribution is 2.34. The molecule has 2 aromatic rings. The van der Waals surface area contributed by atoms with Crippen molar-refractivity contribution in [2.24, 2.45) is 0 Å². The number of aryl methyl sites for hydroxylation is 1. The fourth-order valence-electron chi connectivity index (χ4n) is 2.87. The van der Waals surface area contributed by atoms with E-state index in [-0.39, 0.29) is 0 Å². The van der Waals surface area contributed by atoms with Gasteiger partial charge < -0.3 is 10.6 Å². The molecule has 2 aromatic heterocycles. The molecule has 0 spiro atoms. The molecule has 2 N–H and O–H groups in total. The number of hydrogen-bond donors (Lipinski definition) is 2. The van der Waals surface area contributed by atoms with E-state index in [0.717, 1.165) is 33.8 Å². The second kappa shape index (κ2) is 6.40. The first-order valence-electron chi connectivity index (χ1n) is 7.51. The van der Waals surface area contributed by atoms with E-state index in [1.807, 2.05) is 11.8 Å². The fraction of sp³-hybridized carbons (Fsp3) is 0.600. The van der Waals surface area contributed by atoms with E-state index in [1.54, 1.807) is 11.3 Å². The number of anilines is 2. The van der Waals surface area contributed by atoms with Crippen LogP contribution in [0, 0.1) is 6.92 Å². The van der Waals surface area contributed by atoms with Crippen molar-refractivity contribution in [2.45, 2.75) is 44.4 Å². The van der Waals surface area contributed by atoms with Gasteiger partial charge in [-0.2, -0.15) is 16.7 Å². The van der Waals surface area contributed by atoms with Gasteiger partial charge >= 0.3 is 0 Å². The van der Waals surface area contributed by atoms with Crippen LogP contribution >= 0.6 is 23.1 Å². The van der Waals surface area contributed by atoms with Gasteiger partial charge in [0.15, 0.2) is 0 Å². The molecule has 1 aliphatic rings. The highest BCUT2D eigenvalue weighted by atomic mass is 32.2. The molecule has 3 rings (SSSR count). The van der Waals surface area contributed by atoms with Crippen LogP contribution < -0.4 is 10.6 Å². The van der Waals surface area contributed by atoms with E-state index in [4.69, 9.17) is 0 Å². The maximum absolute atomic E-state index is 4.68. The molecule has 0 radical (unpaired) electrons. The first kappa shape index (κ1) is 14.9. The average Bonchev–Trinajstić information content (AvgIpc) is 3.05. The Morgan fingerprint density at radius 2 is 2.24 bits per heavy atom. The summed E-state index contributed by atoms with van der Waals surface area (Å²) >= 11 is 3.72. The quantitative estimate of drug-likeness (QED) is 0.867. The summed E-state index contributed by atoms with van der Waals surface area (Å²) in [6.45, 7) is 5.04. The van der Waals surface area contributed by atoms with Crippen molar-refractivity contribution in [2.75, 3.05) is 23.4 Å². The zero-order valence-electron chi connectivity index (χ0n) is 12.8. The van der Waals surface area contributed by atoms with Crippen LogP contribution in [-0.2, 0) is 0 Å². The van der Waals surface area contributed by atoms with Crippen molar-refractivity contribution in [3.8, 4) is 0 Å². The molecule has 0 bridgehead atoms. The number of fused-ring (bicyclic) bond motifs is 1. The van der Waals surface area contributed by atoms with Crippen LogP contribution in [-0.4, -0.2) is 34.1 Å². The SMILES string of the molecule is CCNc1nc(NC2CCC(SC)C2)c2cc(C)sc2n1. The van der Waals surface area contributed by atoms with Gasteiger partial charge in [-0.05, 0) is 45.4 Å². The lowest BCUT2D eigenvalue weighted by atomic mass is 10.2. The third-order valence-electron chi connectivity index (χ3n) is 3.91. The van der Waals surface area contributed by atoms with Crippen LogP contribution in [0.2, 0.25) is 0 Å². The molecular formula is C15H22N4S2. The molecule has 21 heavy (non-hydrogen) atoms. The molecule has 2 heterocycles. The van der Waals surface area contributed by atoms with Gasteiger partial charge in [0, 0.05) is 22.7 Å². The van der Waals surface area contributed by atoms with Gasteiger partial charge in [-0.3, -0.25) is 0 Å². The van der Waals surface area contributed by atoms with Gasteiger partial charge in [-0.25, -0.2) is 4.98 Å². The summed E-state index contributed by atoms with van der Waals surface area (Å²) in [4.78, 5) is 11.6. The lowest BCUT2D eigenvalue weighted by molar-refractivity contribution is 0.753. The van der Waals surface area contributed by atoms with E-state index in [2.05, 4.69) is 46.8 Å². The fourth-order valence-corrected chi connectivity index (χ4v) is 4.54. The van der Waals surface area contributed by atoms with Crippen LogP contribution in [0.25, 0.3) is 10.2 Å². The Labute approximate surface area is 134 Å². The Morgan fingerprint density at radius 1 is 1.38 bits per heavy atom. The van der Waals surface area contributed by atoms with Crippen LogP contribution in [0.4, 0.5) is 11.8 Å². The number of nitrogens with one attached hydrogen (secondary N) is 2. The van der Waals surface area contributed by atoms with Crippen LogP contribution in [0.5, 0.6) is 0 Å². The zero-order chi connectivity index (χ0) is 14.8. The van der Waals surface area contributed by atoms with Gasteiger partial charge in [-0.1, -0.05) is 0 Å². The van der Waals surface area contributed by atoms with Crippen molar-refractivity contribution in [3.63, 3.8) is 0 Å². The average molecular weight is 323 g/mol. The van der Waals surface area contributed by atoms with E-state index in [1.165, 1.54) is 24.1 Å². The lowest BCUT2D eigenvalue weighted by Gasteiger charge is -2.15. The third kappa shape index (κ3) is 3.26. The summed E-state index contributed by atoms with van der Waals surface area (Å²) in [6.07, 6.45) is 5.97. The summed E-state index contributed by atoms with van der Waals surface area (Å²) in [5.74, 6) is 1.72. The maximum Gasteiger partial charge on any atom is 0.226 e. The highest BCUT2D eigenvalue weighted by molar-refractivity contribution is 7.99. The summed E-state index contributed by atoms with van der Waals surface area (Å²) in [7, 11) is 0. The normalized spacial score (nSPS) is 21.9. The summed E-state index contributed by atoms with van der Waals surface area (Å²) in [5, 5.41) is 8.85. The van der Waals surface area contributed by atoms with Crippen molar-refractivity contribution in [1.29, 1.82) is 0 Å². The van der Waals surface area contributed by atoms with Crippen molar-refractivity contribution in [3.05, 3.63) is 10.9 Å². The molecule has 2 atom stereocenters. The number of aromatic nitrogens is 2. The predicted octanol–water partition coefficient (Wildman–Crippen LogP) is 4.13. The Hall–Kier alpha value is -1.01. The first-order chi connectivity index (χ1) is 10.2. The van der Waals surface area contributed by atoms with Crippen molar-refractivity contribution in [1.82, 2.24) is 9.97 Å². The molecule has 4 nitrogen and oxygen atoms in total. The second-order valence-corrected chi connectivity index (χ2v) is 7.89. The standard InChI is InChI=1S/C15H22N4S2/c1-4-16-15-18-13(12-7-9(2)21-14(12)19-15)17-10-5-6-11(8-10)20-3/h7,10-11H,4-6,8H2,1-3H3,(H2,16,17,18,19). The second-order valence-electron chi connectivity index (χ2n) is 5.51. The Bertz CT molecular complexity index is 625. The van der Waals surface area contributed by atoms with Crippen molar-refractivity contribution < 1.29 is 0 Å². The zero-order valence-corrected chi connectivity index (χ0v) is 14.4. The minimum atomic E-state index is 0.537. The van der Waals surface area contributed by atoms with Crippen LogP contribution in [0.15, 0.2) is 6.07 Å². The Balaban J connectivity index is 1.88. The Kier molecular flexibility index (Phi) is 4.54. The molecule has 1 fully saturated rings. The topological polar surface area (TPSA) is 49.8 Å². The van der Waals surface area contributed by atoms with Gasteiger partial charge in [0.2, 0.25) is 5.95 Å². The van der Waals surface area contributed by atoms with Crippen LogP contribution in [0.1, 0.15) is 31.1 Å². The summed E-state index contributed by atoms with van der Waals surface area (Å²) in [5.41, 5.74) is 0. The monoisotopic (exact) mass is 322 g/mol. The van der Waals surface area contributed by atoms with E-state index < -0.39 is 0 Å². The molecule has 1 saturated carbocycles. The largest absolute Gasteiger partial charge is 0.367 e. The Morgan fingerprint density at radius 3 is 2.95 bits per heavy atom. The first-order valence-corrected chi connectivity index (χ1v) is 9.61. The smallest absolute Gasteiger partial charge is 0.226 e. The molecule has 0 aromatic carbocycles. The minimum Gasteiger partial charge on any atom is -0.367 e. The summed E-state index contributed by atoms with van der Waals surface area (Å²) < 4.78 is 0. The molecule has 114 valence electrons. The number of thioether (sulfide) groups is 1. The number of hydrogen-bond acceptors (Lipinski definition) is 6. The van der Waals surface area contributed by atoms with Crippen LogP contribution in [0.3, 0.4) is 0 Å². The lowest BCUT2D eigenvalue weighted by Crippen LogP contribution is -2.17. The highest BCUT2D eigenvalue weighted by Gasteiger charge is 2.25. The van der Waals surface area contributed by atoms with E-state index in [0.29, 0.717) is 6.04 Å². The number of nitrogens with zero attached hydrogens (tertiary/aromatic N) is 2. The molecule has 6 heteroatoms. The molecular weight excluding hydrogens is 300 g/mol. The predicted molar refractivity (Wildman–Crippen MR) is 94.9 cm³/mol. The number of rotatable bonds is 5. The summed E-state index contributed by atoms with van der Waals surface area (Å²) in [6, 6.07) is 2.73.